The molecule has 3 nitrogen and oxygen atoms in total. The molecule has 0 fully saturated rings. The number of thiazole rings is 1. The van der Waals surface area contributed by atoms with E-state index in [-0.39, 0.29) is 16.3 Å². The number of carboxylic acids is 1. The Labute approximate surface area is 70.7 Å². The van der Waals surface area contributed by atoms with Crippen LogP contribution in [-0.2, 0) is 11.2 Å². The quantitative estimate of drug-likeness (QED) is 0.794. The molecule has 1 aromatic heterocycles. The number of aliphatic carboxylic acids is 1. The number of hydrogen-bond donors (Lipinski definition) is 1. The Morgan fingerprint density at radius 1 is 1.75 bits per heavy atom. The zero-order chi connectivity index (χ0) is 9.14. The minimum Gasteiger partial charge on any atom is -0.481 e. The molecule has 0 saturated carbocycles. The van der Waals surface area contributed by atoms with Gasteiger partial charge in [0.2, 0.25) is 0 Å². The smallest absolute Gasteiger partial charge is 0.310 e. The zero-order valence-electron chi connectivity index (χ0n) is 5.83. The Balaban J connectivity index is 2.70. The summed E-state index contributed by atoms with van der Waals surface area (Å²) in [7, 11) is 0. The van der Waals surface area contributed by atoms with Crippen molar-refractivity contribution >= 4 is 17.3 Å². The molecule has 12 heavy (non-hydrogen) atoms. The number of carbonyl (C=O) groups is 1. The van der Waals surface area contributed by atoms with E-state index >= 15 is 0 Å². The van der Waals surface area contributed by atoms with Crippen molar-refractivity contribution in [1.82, 2.24) is 4.98 Å². The Morgan fingerprint density at radius 2 is 2.42 bits per heavy atom. The second-order valence-corrected chi connectivity index (χ2v) is 3.17. The van der Waals surface area contributed by atoms with E-state index in [0.29, 0.717) is 0 Å². The van der Waals surface area contributed by atoms with Crippen LogP contribution in [0.4, 0.5) is 8.78 Å². The third-order valence-corrected chi connectivity index (χ3v) is 2.09. The maximum atomic E-state index is 11.9. The van der Waals surface area contributed by atoms with Crippen LogP contribution in [-0.4, -0.2) is 16.1 Å². The topological polar surface area (TPSA) is 50.2 Å². The highest BCUT2D eigenvalue weighted by Crippen LogP contribution is 2.24. The largest absolute Gasteiger partial charge is 0.481 e. The average molecular weight is 193 g/mol. The number of hydrogen-bond acceptors (Lipinski definition) is 3. The van der Waals surface area contributed by atoms with Gasteiger partial charge in [-0.1, -0.05) is 0 Å². The van der Waals surface area contributed by atoms with Crippen molar-refractivity contribution in [2.24, 2.45) is 0 Å². The van der Waals surface area contributed by atoms with Crippen LogP contribution in [0.1, 0.15) is 16.3 Å². The lowest BCUT2D eigenvalue weighted by molar-refractivity contribution is -0.136. The maximum Gasteiger partial charge on any atom is 0.310 e. The van der Waals surface area contributed by atoms with Gasteiger partial charge in [-0.3, -0.25) is 4.79 Å². The molecule has 0 saturated heterocycles. The van der Waals surface area contributed by atoms with Gasteiger partial charge in [-0.05, 0) is 0 Å². The first-order chi connectivity index (χ1) is 5.59. The summed E-state index contributed by atoms with van der Waals surface area (Å²) in [5.74, 6) is -1.06. The summed E-state index contributed by atoms with van der Waals surface area (Å²) < 4.78 is 23.9. The number of aromatic nitrogens is 1. The van der Waals surface area contributed by atoms with Crippen molar-refractivity contribution in [3.8, 4) is 0 Å². The average Bonchev–Trinajstić information content (AvgIpc) is 2.34. The van der Waals surface area contributed by atoms with Gasteiger partial charge in [-0.15, -0.1) is 11.3 Å². The molecule has 1 heterocycles. The van der Waals surface area contributed by atoms with E-state index in [9.17, 15) is 13.6 Å². The highest BCUT2D eigenvalue weighted by Gasteiger charge is 2.12. The van der Waals surface area contributed by atoms with E-state index in [1.807, 2.05) is 0 Å². The predicted molar refractivity (Wildman–Crippen MR) is 38.4 cm³/mol. The summed E-state index contributed by atoms with van der Waals surface area (Å²) >= 11 is 0.727. The lowest BCUT2D eigenvalue weighted by Crippen LogP contribution is -1.98. The Morgan fingerprint density at radius 3 is 2.83 bits per heavy atom. The van der Waals surface area contributed by atoms with Crippen molar-refractivity contribution in [3.63, 3.8) is 0 Å². The molecule has 0 radical (unpaired) electrons. The molecular weight excluding hydrogens is 188 g/mol. The van der Waals surface area contributed by atoms with Gasteiger partial charge in [0.1, 0.15) is 5.01 Å². The van der Waals surface area contributed by atoms with Crippen LogP contribution in [0.2, 0.25) is 0 Å². The molecule has 0 bridgehead atoms. The number of rotatable bonds is 3. The standard InChI is InChI=1S/C6H5F2NO2S/c7-6(8)3-2-9-4(12-3)1-5(10)11/h2,6H,1H2,(H,10,11). The van der Waals surface area contributed by atoms with Crippen LogP contribution < -0.4 is 0 Å². The van der Waals surface area contributed by atoms with E-state index in [4.69, 9.17) is 5.11 Å². The SMILES string of the molecule is O=C(O)Cc1ncc(C(F)F)s1. The minimum atomic E-state index is -2.56. The molecule has 1 N–H and O–H groups in total. The molecule has 1 rings (SSSR count). The molecular formula is C6H5F2NO2S. The normalized spacial score (nSPS) is 10.6. The van der Waals surface area contributed by atoms with Crippen LogP contribution in [0.25, 0.3) is 0 Å². The van der Waals surface area contributed by atoms with Gasteiger partial charge in [0.05, 0.1) is 11.3 Å². The maximum absolute atomic E-state index is 11.9. The van der Waals surface area contributed by atoms with Crippen LogP contribution >= 0.6 is 11.3 Å². The lowest BCUT2D eigenvalue weighted by Gasteiger charge is -1.88. The van der Waals surface area contributed by atoms with Crippen LogP contribution in [0.5, 0.6) is 0 Å². The van der Waals surface area contributed by atoms with Gasteiger partial charge in [0.25, 0.3) is 6.43 Å². The third-order valence-electron chi connectivity index (χ3n) is 1.09. The summed E-state index contributed by atoms with van der Waals surface area (Å²) in [6, 6.07) is 0. The number of alkyl halides is 2. The van der Waals surface area contributed by atoms with Crippen molar-refractivity contribution in [1.29, 1.82) is 0 Å². The summed E-state index contributed by atoms with van der Waals surface area (Å²) in [6.07, 6.45) is -1.85. The van der Waals surface area contributed by atoms with E-state index in [1.54, 1.807) is 0 Å². The van der Waals surface area contributed by atoms with E-state index in [1.165, 1.54) is 0 Å². The number of carboxylic acid groups (broad SMARTS) is 1. The van der Waals surface area contributed by atoms with Crippen molar-refractivity contribution in [2.75, 3.05) is 0 Å². The second kappa shape index (κ2) is 3.57. The molecule has 0 aliphatic carbocycles. The van der Waals surface area contributed by atoms with E-state index in [2.05, 4.69) is 4.98 Å². The first-order valence-corrected chi connectivity index (χ1v) is 3.86. The Bertz CT molecular complexity index is 287. The summed E-state index contributed by atoms with van der Waals surface area (Å²) in [5.41, 5.74) is 0. The number of halogens is 2. The van der Waals surface area contributed by atoms with Gasteiger partial charge < -0.3 is 5.11 Å². The molecule has 1 aromatic rings. The fraction of sp³-hybridized carbons (Fsp3) is 0.333. The fourth-order valence-corrected chi connectivity index (χ4v) is 1.40. The van der Waals surface area contributed by atoms with E-state index < -0.39 is 12.4 Å². The Hall–Kier alpha value is -1.04. The van der Waals surface area contributed by atoms with Crippen molar-refractivity contribution in [3.05, 3.63) is 16.1 Å². The molecule has 66 valence electrons. The highest BCUT2D eigenvalue weighted by molar-refractivity contribution is 7.11. The molecule has 0 spiro atoms. The first kappa shape index (κ1) is 9.05. The van der Waals surface area contributed by atoms with Crippen LogP contribution in [0, 0.1) is 0 Å². The van der Waals surface area contributed by atoms with Gasteiger partial charge in [0.15, 0.2) is 0 Å². The van der Waals surface area contributed by atoms with Crippen molar-refractivity contribution in [2.45, 2.75) is 12.8 Å². The molecule has 0 atom stereocenters. The molecule has 0 unspecified atom stereocenters. The first-order valence-electron chi connectivity index (χ1n) is 3.04. The van der Waals surface area contributed by atoms with Crippen LogP contribution in [0.3, 0.4) is 0 Å². The molecule has 0 aliphatic rings. The van der Waals surface area contributed by atoms with Gasteiger partial charge in [0, 0.05) is 6.20 Å². The highest BCUT2D eigenvalue weighted by atomic mass is 32.1. The molecule has 0 aromatic carbocycles. The minimum absolute atomic E-state index is 0.189. The predicted octanol–water partition coefficient (Wildman–Crippen LogP) is 1.71. The van der Waals surface area contributed by atoms with E-state index in [0.717, 1.165) is 17.5 Å². The van der Waals surface area contributed by atoms with Gasteiger partial charge in [-0.25, -0.2) is 13.8 Å². The van der Waals surface area contributed by atoms with Gasteiger partial charge >= 0.3 is 5.97 Å². The molecule has 6 heteroatoms. The number of nitrogens with zero attached hydrogens (tertiary/aromatic N) is 1. The third kappa shape index (κ3) is 2.23. The summed E-state index contributed by atoms with van der Waals surface area (Å²) in [4.78, 5) is 13.5. The molecule has 0 aliphatic heterocycles. The second-order valence-electron chi connectivity index (χ2n) is 2.03. The van der Waals surface area contributed by atoms with Gasteiger partial charge in [-0.2, -0.15) is 0 Å². The summed E-state index contributed by atoms with van der Waals surface area (Å²) in [6.45, 7) is 0. The monoisotopic (exact) mass is 193 g/mol. The fourth-order valence-electron chi connectivity index (χ4n) is 0.636. The van der Waals surface area contributed by atoms with Crippen molar-refractivity contribution < 1.29 is 18.7 Å². The summed E-state index contributed by atoms with van der Waals surface area (Å²) in [5, 5.41) is 8.50. The van der Waals surface area contributed by atoms with Crippen LogP contribution in [0.15, 0.2) is 6.20 Å². The molecule has 0 amide bonds. The Kier molecular flexibility index (Phi) is 2.69. The zero-order valence-corrected chi connectivity index (χ0v) is 6.65. The lowest BCUT2D eigenvalue weighted by atomic mass is 10.5.